The summed E-state index contributed by atoms with van der Waals surface area (Å²) in [6, 6.07) is 26.5. The minimum Gasteiger partial charge on any atom is -0.426 e. The molecule has 0 bridgehead atoms. The Hall–Kier alpha value is -5.28. The zero-order valence-corrected chi connectivity index (χ0v) is 36.0. The molecule has 1 aliphatic rings. The molecule has 56 heavy (non-hydrogen) atoms. The van der Waals surface area contributed by atoms with Crippen LogP contribution in [0.4, 0.5) is 0 Å². The van der Waals surface area contributed by atoms with Crippen LogP contribution < -0.4 is 4.52 Å². The van der Waals surface area contributed by atoms with Gasteiger partial charge in [0.2, 0.25) is 0 Å². The van der Waals surface area contributed by atoms with E-state index in [1.807, 2.05) is 140 Å². The third-order valence-corrected chi connectivity index (χ3v) is 20.2. The molecular formula is C39H46N13OP3. The van der Waals surface area contributed by atoms with Gasteiger partial charge in [-0.05, 0) is 128 Å². The highest BCUT2D eigenvalue weighted by Gasteiger charge is 2.49. The molecule has 8 rings (SSSR count). The fourth-order valence-electron chi connectivity index (χ4n) is 7.24. The predicted octanol–water partition coefficient (Wildman–Crippen LogP) is 11.0. The molecule has 288 valence electrons. The molecule has 14 nitrogen and oxygen atoms in total. The van der Waals surface area contributed by atoms with Gasteiger partial charge in [-0.25, -0.2) is 0 Å². The molecule has 1 atom stereocenters. The zero-order valence-electron chi connectivity index (χ0n) is 33.4. The van der Waals surface area contributed by atoms with E-state index >= 15 is 0 Å². The number of benzene rings is 2. The summed E-state index contributed by atoms with van der Waals surface area (Å²) in [4.78, 5) is 0. The molecule has 1 aliphatic heterocycles. The van der Waals surface area contributed by atoms with Crippen molar-refractivity contribution in [1.82, 2.24) is 47.8 Å². The number of nitrogens with zero attached hydrogens (tertiary/aromatic N) is 13. The lowest BCUT2D eigenvalue weighted by Gasteiger charge is -2.36. The van der Waals surface area contributed by atoms with Crippen molar-refractivity contribution in [2.75, 3.05) is 0 Å². The average molecular weight is 806 g/mol. The standard InChI is InChI=1S/C39H46N13OP3/c1-12-36-13-15-37(16-14-36)38-17-19-39(20-18-38)53-56(52-35(11)25-30(6)44-52)46-54(48-31(7)21-26(2)40-48,49-32(8)22-27(3)41-49)45-55(47-56,50-33(9)23-28(4)42-50)51-34(10)24-29(5)43-51/h12-25H,1H2,2-11H3. The second-order valence-electron chi connectivity index (χ2n) is 14.4. The molecule has 0 aliphatic carbocycles. The second kappa shape index (κ2) is 13.7. The van der Waals surface area contributed by atoms with E-state index < -0.39 is 22.6 Å². The van der Waals surface area contributed by atoms with Crippen LogP contribution in [0.25, 0.3) is 17.2 Å². The van der Waals surface area contributed by atoms with Crippen LogP contribution >= 0.6 is 22.6 Å². The third kappa shape index (κ3) is 6.20. The van der Waals surface area contributed by atoms with Crippen LogP contribution in [-0.4, -0.2) is 47.8 Å². The van der Waals surface area contributed by atoms with Gasteiger partial charge in [0, 0.05) is 28.5 Å². The van der Waals surface area contributed by atoms with E-state index in [-0.39, 0.29) is 0 Å². The van der Waals surface area contributed by atoms with Gasteiger partial charge in [0.05, 0.1) is 28.5 Å². The monoisotopic (exact) mass is 805 g/mol. The van der Waals surface area contributed by atoms with E-state index in [0.717, 1.165) is 73.6 Å². The number of hydrogen-bond acceptors (Lipinski definition) is 9. The topological polar surface area (TPSA) is 135 Å². The summed E-state index contributed by atoms with van der Waals surface area (Å²) in [5.41, 5.74) is 11.6. The van der Waals surface area contributed by atoms with Crippen molar-refractivity contribution in [2.45, 2.75) is 69.2 Å². The van der Waals surface area contributed by atoms with E-state index in [2.05, 4.69) is 43.0 Å². The first kappa shape index (κ1) is 37.6. The average Bonchev–Trinajstić information content (AvgIpc) is 3.96. The lowest BCUT2D eigenvalue weighted by molar-refractivity contribution is 0.581. The van der Waals surface area contributed by atoms with Gasteiger partial charge in [-0.2, -0.15) is 52.3 Å². The number of aromatic nitrogens is 10. The molecule has 0 radical (unpaired) electrons. The lowest BCUT2D eigenvalue weighted by Crippen LogP contribution is -2.19. The summed E-state index contributed by atoms with van der Waals surface area (Å²) in [6.45, 7) is 23.9. The van der Waals surface area contributed by atoms with Gasteiger partial charge in [-0.1, -0.05) is 49.1 Å². The van der Waals surface area contributed by atoms with Crippen LogP contribution in [0.5, 0.6) is 5.75 Å². The van der Waals surface area contributed by atoms with Crippen LogP contribution in [0.15, 0.2) is 99.0 Å². The highest BCUT2D eigenvalue weighted by atomic mass is 31.3. The van der Waals surface area contributed by atoms with Crippen molar-refractivity contribution in [1.29, 1.82) is 0 Å². The van der Waals surface area contributed by atoms with Crippen LogP contribution in [0.1, 0.15) is 62.5 Å². The van der Waals surface area contributed by atoms with Gasteiger partial charge in [0.25, 0.3) is 0 Å². The molecule has 1 unspecified atom stereocenters. The minimum atomic E-state index is -3.72. The molecule has 17 heteroatoms. The summed E-state index contributed by atoms with van der Waals surface area (Å²) < 4.78 is 34.9. The Morgan fingerprint density at radius 1 is 0.446 bits per heavy atom. The van der Waals surface area contributed by atoms with Crippen molar-refractivity contribution >= 4 is 28.7 Å². The van der Waals surface area contributed by atoms with Gasteiger partial charge < -0.3 is 4.52 Å². The fraction of sp³-hybridized carbons (Fsp3) is 0.256. The Bertz CT molecular complexity index is 2650. The fourth-order valence-corrected chi connectivity index (χ4v) is 20.2. The Morgan fingerprint density at radius 2 is 0.786 bits per heavy atom. The Balaban J connectivity index is 1.56. The Labute approximate surface area is 327 Å². The summed E-state index contributed by atoms with van der Waals surface area (Å²) in [7, 11) is -10.8. The van der Waals surface area contributed by atoms with Crippen LogP contribution in [0.3, 0.4) is 0 Å². The maximum Gasteiger partial charge on any atom is 0.382 e. The molecule has 0 fully saturated rings. The summed E-state index contributed by atoms with van der Waals surface area (Å²) in [5.74, 6) is 0.575. The van der Waals surface area contributed by atoms with E-state index in [1.165, 1.54) is 0 Å². The first-order valence-corrected chi connectivity index (χ1v) is 23.1. The quantitative estimate of drug-likeness (QED) is 0.133. The molecule has 0 spiro atoms. The number of hydrogen-bond donors (Lipinski definition) is 0. The highest BCUT2D eigenvalue weighted by Crippen LogP contribution is 2.80. The molecule has 0 N–H and O–H groups in total. The first-order valence-electron chi connectivity index (χ1n) is 18.3. The maximum absolute atomic E-state index is 7.43. The SMILES string of the molecule is C=Cc1ccc(-c2ccc(OP3(n4nc(C)cc4C)=NP(n4nc(C)cc4C)(n4nc(C)cc4C)=NP(n4nc(C)cc4C)(n4nc(C)cc4C)=N3)cc2)cc1. The molecule has 0 saturated carbocycles. The first-order chi connectivity index (χ1) is 26.6. The predicted molar refractivity (Wildman–Crippen MR) is 226 cm³/mol. The van der Waals surface area contributed by atoms with Gasteiger partial charge in [0.15, 0.2) is 0 Å². The molecular weight excluding hydrogens is 759 g/mol. The van der Waals surface area contributed by atoms with Gasteiger partial charge >= 0.3 is 22.6 Å². The number of aryl methyl sites for hydroxylation is 10. The minimum absolute atomic E-state index is 0.575. The zero-order chi connectivity index (χ0) is 39.7. The Kier molecular flexibility index (Phi) is 9.23. The molecule has 2 aromatic carbocycles. The maximum atomic E-state index is 7.43. The van der Waals surface area contributed by atoms with Crippen molar-refractivity contribution in [3.8, 4) is 16.9 Å². The van der Waals surface area contributed by atoms with E-state index in [4.69, 9.17) is 43.6 Å². The molecule has 6 heterocycles. The normalized spacial score (nSPS) is 17.2. The van der Waals surface area contributed by atoms with E-state index in [9.17, 15) is 0 Å². The van der Waals surface area contributed by atoms with E-state index in [0.29, 0.717) is 5.75 Å². The van der Waals surface area contributed by atoms with Crippen molar-refractivity contribution < 1.29 is 4.52 Å². The molecule has 0 saturated heterocycles. The van der Waals surface area contributed by atoms with Crippen molar-refractivity contribution in [3.05, 3.63) is 148 Å². The van der Waals surface area contributed by atoms with Crippen LogP contribution in [-0.2, 0) is 0 Å². The van der Waals surface area contributed by atoms with Gasteiger partial charge in [-0.3, -0.25) is 0 Å². The summed E-state index contributed by atoms with van der Waals surface area (Å²) in [5, 5.41) is 25.7. The van der Waals surface area contributed by atoms with Crippen LogP contribution in [0, 0.1) is 69.2 Å². The smallest absolute Gasteiger partial charge is 0.382 e. The van der Waals surface area contributed by atoms with Crippen molar-refractivity contribution in [3.63, 3.8) is 0 Å². The van der Waals surface area contributed by atoms with Crippen LogP contribution in [0.2, 0.25) is 0 Å². The second-order valence-corrected chi connectivity index (χ2v) is 21.8. The number of rotatable bonds is 9. The largest absolute Gasteiger partial charge is 0.426 e. The molecule has 5 aromatic heterocycles. The lowest BCUT2D eigenvalue weighted by atomic mass is 10.0. The third-order valence-electron chi connectivity index (χ3n) is 9.47. The molecule has 7 aromatic rings. The van der Waals surface area contributed by atoms with E-state index in [1.54, 1.807) is 0 Å². The van der Waals surface area contributed by atoms with Gasteiger partial charge in [-0.15, -0.1) is 9.03 Å². The summed E-state index contributed by atoms with van der Waals surface area (Å²) >= 11 is 0. The van der Waals surface area contributed by atoms with Crippen molar-refractivity contribution in [2.24, 2.45) is 13.5 Å². The van der Waals surface area contributed by atoms with Gasteiger partial charge in [0.1, 0.15) is 5.75 Å². The molecule has 0 amide bonds. The Morgan fingerprint density at radius 3 is 1.12 bits per heavy atom. The highest BCUT2D eigenvalue weighted by molar-refractivity contribution is 7.83. The summed E-state index contributed by atoms with van der Waals surface area (Å²) in [6.07, 6.45) is 1.84.